The van der Waals surface area contributed by atoms with Gasteiger partial charge in [-0.1, -0.05) is 11.3 Å². The molecule has 0 fully saturated rings. The minimum Gasteiger partial charge on any atom is -0.472 e. The number of rotatable bonds is 3. The maximum atomic E-state index is 5.53. The van der Waals surface area contributed by atoms with Crippen LogP contribution in [0.25, 0.3) is 0 Å². The van der Waals surface area contributed by atoms with Gasteiger partial charge in [-0.15, -0.1) is 0 Å². The molecule has 0 spiro atoms. The van der Waals surface area contributed by atoms with Crippen LogP contribution in [-0.4, -0.2) is 4.98 Å². The third-order valence-electron chi connectivity index (χ3n) is 1.55. The van der Waals surface area contributed by atoms with Crippen LogP contribution in [0.5, 0.6) is 0 Å². The molecule has 0 saturated heterocycles. The van der Waals surface area contributed by atoms with Gasteiger partial charge in [0.15, 0.2) is 5.13 Å². The molecule has 13 heavy (non-hydrogen) atoms. The Balaban J connectivity index is 1.93. The molecule has 3 N–H and O–H groups in total. The summed E-state index contributed by atoms with van der Waals surface area (Å²) < 4.78 is 4.93. The number of anilines is 2. The van der Waals surface area contributed by atoms with Crippen molar-refractivity contribution in [3.05, 3.63) is 30.4 Å². The second-order valence-electron chi connectivity index (χ2n) is 2.55. The average molecular weight is 195 g/mol. The summed E-state index contributed by atoms with van der Waals surface area (Å²) in [5, 5.41) is 4.68. The highest BCUT2D eigenvalue weighted by atomic mass is 32.1. The number of nitrogen functional groups attached to an aromatic ring is 1. The number of nitrogens with two attached hydrogens (primary N) is 1. The Morgan fingerprint density at radius 2 is 2.54 bits per heavy atom. The third-order valence-corrected chi connectivity index (χ3v) is 2.33. The van der Waals surface area contributed by atoms with E-state index in [9.17, 15) is 0 Å². The summed E-state index contributed by atoms with van der Waals surface area (Å²) in [7, 11) is 0. The lowest BCUT2D eigenvalue weighted by Gasteiger charge is -1.97. The normalized spacial score (nSPS) is 10.2. The van der Waals surface area contributed by atoms with Crippen molar-refractivity contribution >= 4 is 21.5 Å². The Labute approximate surface area is 79.4 Å². The standard InChI is InChI=1S/C8H9N3OS/c9-7-4-11-8(13-7)10-3-6-1-2-12-5-6/h1-2,4-5H,3,9H2,(H,10,11). The number of nitrogens with zero attached hydrogens (tertiary/aromatic N) is 1. The number of hydrogen-bond donors (Lipinski definition) is 2. The molecule has 0 atom stereocenters. The summed E-state index contributed by atoms with van der Waals surface area (Å²) in [6.07, 6.45) is 4.99. The van der Waals surface area contributed by atoms with Gasteiger partial charge in [0.1, 0.15) is 5.00 Å². The van der Waals surface area contributed by atoms with E-state index in [0.29, 0.717) is 6.54 Å². The van der Waals surface area contributed by atoms with Crippen molar-refractivity contribution < 1.29 is 4.42 Å². The maximum absolute atomic E-state index is 5.53. The average Bonchev–Trinajstić information content (AvgIpc) is 2.71. The minimum absolute atomic E-state index is 0.712. The molecule has 0 aliphatic carbocycles. The van der Waals surface area contributed by atoms with Crippen LogP contribution in [0.3, 0.4) is 0 Å². The molecule has 0 unspecified atom stereocenters. The fourth-order valence-electron chi connectivity index (χ4n) is 0.939. The van der Waals surface area contributed by atoms with E-state index in [1.807, 2.05) is 6.07 Å². The molecule has 0 radical (unpaired) electrons. The van der Waals surface area contributed by atoms with Crippen LogP contribution >= 0.6 is 11.3 Å². The molecule has 68 valence electrons. The van der Waals surface area contributed by atoms with Gasteiger partial charge in [0, 0.05) is 12.1 Å². The second kappa shape index (κ2) is 3.49. The fraction of sp³-hybridized carbons (Fsp3) is 0.125. The van der Waals surface area contributed by atoms with E-state index >= 15 is 0 Å². The summed E-state index contributed by atoms with van der Waals surface area (Å²) in [4.78, 5) is 4.07. The highest BCUT2D eigenvalue weighted by Gasteiger charge is 1.98. The summed E-state index contributed by atoms with van der Waals surface area (Å²) in [6, 6.07) is 1.91. The van der Waals surface area contributed by atoms with E-state index in [-0.39, 0.29) is 0 Å². The molecule has 2 rings (SSSR count). The lowest BCUT2D eigenvalue weighted by molar-refractivity contribution is 0.564. The van der Waals surface area contributed by atoms with E-state index < -0.39 is 0 Å². The van der Waals surface area contributed by atoms with Crippen molar-refractivity contribution in [3.63, 3.8) is 0 Å². The molecule has 2 aromatic rings. The second-order valence-corrected chi connectivity index (χ2v) is 3.62. The van der Waals surface area contributed by atoms with E-state index in [1.54, 1.807) is 18.7 Å². The number of aromatic nitrogens is 1. The highest BCUT2D eigenvalue weighted by Crippen LogP contribution is 2.19. The first-order chi connectivity index (χ1) is 6.34. The van der Waals surface area contributed by atoms with E-state index in [1.165, 1.54) is 11.3 Å². The molecular weight excluding hydrogens is 186 g/mol. The monoisotopic (exact) mass is 195 g/mol. The summed E-state index contributed by atoms with van der Waals surface area (Å²) >= 11 is 1.43. The van der Waals surface area contributed by atoms with Crippen LogP contribution in [-0.2, 0) is 6.54 Å². The van der Waals surface area contributed by atoms with Gasteiger partial charge in [0.2, 0.25) is 0 Å². The molecule has 0 aliphatic rings. The van der Waals surface area contributed by atoms with Crippen LogP contribution in [0.15, 0.2) is 29.2 Å². The van der Waals surface area contributed by atoms with Gasteiger partial charge in [0.05, 0.1) is 18.7 Å². The minimum atomic E-state index is 0.712. The van der Waals surface area contributed by atoms with Gasteiger partial charge >= 0.3 is 0 Å². The number of thiazole rings is 1. The van der Waals surface area contributed by atoms with Crippen LogP contribution in [0.4, 0.5) is 10.1 Å². The Bertz CT molecular complexity index is 368. The van der Waals surface area contributed by atoms with Crippen molar-refractivity contribution in [2.45, 2.75) is 6.54 Å². The fourth-order valence-corrected chi connectivity index (χ4v) is 1.52. The molecule has 0 aliphatic heterocycles. The Hall–Kier alpha value is -1.49. The molecule has 0 amide bonds. The van der Waals surface area contributed by atoms with Gasteiger partial charge in [-0.05, 0) is 6.07 Å². The number of furan rings is 1. The number of nitrogens with one attached hydrogen (secondary N) is 1. The van der Waals surface area contributed by atoms with E-state index in [2.05, 4.69) is 10.3 Å². The summed E-state index contributed by atoms with van der Waals surface area (Å²) in [5.41, 5.74) is 6.62. The zero-order valence-corrected chi connectivity index (χ0v) is 7.67. The Morgan fingerprint density at radius 3 is 3.15 bits per heavy atom. The van der Waals surface area contributed by atoms with Crippen LogP contribution in [0, 0.1) is 0 Å². The SMILES string of the molecule is Nc1cnc(NCc2ccoc2)s1. The largest absolute Gasteiger partial charge is 0.472 e. The lowest BCUT2D eigenvalue weighted by Crippen LogP contribution is -1.96. The topological polar surface area (TPSA) is 64.1 Å². The molecule has 5 heteroatoms. The Morgan fingerprint density at radius 1 is 1.62 bits per heavy atom. The maximum Gasteiger partial charge on any atom is 0.184 e. The molecule has 2 aromatic heterocycles. The van der Waals surface area contributed by atoms with Crippen molar-refractivity contribution in [2.75, 3.05) is 11.1 Å². The summed E-state index contributed by atoms with van der Waals surface area (Å²) in [5.74, 6) is 0. The molecular formula is C8H9N3OS. The molecule has 2 heterocycles. The van der Waals surface area contributed by atoms with E-state index in [0.717, 1.165) is 15.7 Å². The first-order valence-corrected chi connectivity index (χ1v) is 4.62. The lowest BCUT2D eigenvalue weighted by atomic mass is 10.3. The van der Waals surface area contributed by atoms with Gasteiger partial charge in [-0.3, -0.25) is 0 Å². The van der Waals surface area contributed by atoms with Gasteiger partial charge in [-0.25, -0.2) is 4.98 Å². The first kappa shape index (κ1) is 8.12. The van der Waals surface area contributed by atoms with Gasteiger partial charge in [-0.2, -0.15) is 0 Å². The zero-order chi connectivity index (χ0) is 9.10. The zero-order valence-electron chi connectivity index (χ0n) is 6.86. The predicted molar refractivity (Wildman–Crippen MR) is 52.6 cm³/mol. The predicted octanol–water partition coefficient (Wildman–Crippen LogP) is 1.93. The van der Waals surface area contributed by atoms with Gasteiger partial charge in [0.25, 0.3) is 0 Å². The molecule has 0 bridgehead atoms. The molecule has 0 saturated carbocycles. The molecule has 4 nitrogen and oxygen atoms in total. The highest BCUT2D eigenvalue weighted by molar-refractivity contribution is 7.19. The summed E-state index contributed by atoms with van der Waals surface area (Å²) in [6.45, 7) is 0.712. The van der Waals surface area contributed by atoms with Crippen LogP contribution in [0.1, 0.15) is 5.56 Å². The Kier molecular flexibility index (Phi) is 2.18. The number of hydrogen-bond acceptors (Lipinski definition) is 5. The van der Waals surface area contributed by atoms with Crippen LogP contribution < -0.4 is 11.1 Å². The van der Waals surface area contributed by atoms with Crippen molar-refractivity contribution in [2.24, 2.45) is 0 Å². The van der Waals surface area contributed by atoms with Crippen LogP contribution in [0.2, 0.25) is 0 Å². The van der Waals surface area contributed by atoms with Crippen molar-refractivity contribution in [1.29, 1.82) is 0 Å². The van der Waals surface area contributed by atoms with E-state index in [4.69, 9.17) is 10.2 Å². The van der Waals surface area contributed by atoms with Crippen molar-refractivity contribution in [1.82, 2.24) is 4.98 Å². The molecule has 0 aromatic carbocycles. The smallest absolute Gasteiger partial charge is 0.184 e. The van der Waals surface area contributed by atoms with Gasteiger partial charge < -0.3 is 15.5 Å². The van der Waals surface area contributed by atoms with Crippen molar-refractivity contribution in [3.8, 4) is 0 Å². The first-order valence-electron chi connectivity index (χ1n) is 3.81. The third kappa shape index (κ3) is 2.00. The quantitative estimate of drug-likeness (QED) is 0.785.